The Morgan fingerprint density at radius 2 is 2.14 bits per heavy atom. The standard InChI is InChI=1S/C18H18ClN9O5S3/c1-33-27-8(7-11(19)36-18(22)25-7)13(29)24-9-14(30)28-10(16(31)32)6(4-35-15(9)28)34-3-5-2-23-17(21)26-12(5)20/h2,9,15H,3-4H2,1H3,(H2,22,25)(H,24,29)(H,31,32)(H4,20,21,23,26). The Labute approximate surface area is 220 Å². The summed E-state index contributed by atoms with van der Waals surface area (Å²) < 4.78 is 0.122. The smallest absolute Gasteiger partial charge is 0.353 e. The molecule has 2 unspecified atom stereocenters. The Morgan fingerprint density at radius 1 is 1.39 bits per heavy atom. The lowest BCUT2D eigenvalue weighted by Gasteiger charge is -2.49. The molecule has 4 rings (SSSR count). The highest BCUT2D eigenvalue weighted by Gasteiger charge is 2.54. The van der Waals surface area contributed by atoms with Crippen LogP contribution in [0.5, 0.6) is 0 Å². The number of anilines is 3. The van der Waals surface area contributed by atoms with Crippen LogP contribution in [-0.2, 0) is 25.0 Å². The Bertz CT molecular complexity index is 1320. The fourth-order valence-corrected chi connectivity index (χ4v) is 6.90. The van der Waals surface area contributed by atoms with Gasteiger partial charge in [0.15, 0.2) is 10.8 Å². The van der Waals surface area contributed by atoms with E-state index in [2.05, 4.69) is 25.4 Å². The summed E-state index contributed by atoms with van der Waals surface area (Å²) in [5.74, 6) is -1.85. The topological polar surface area (TPSA) is 225 Å². The summed E-state index contributed by atoms with van der Waals surface area (Å²) in [6.07, 6.45) is 1.46. The van der Waals surface area contributed by atoms with Crippen molar-refractivity contribution in [3.63, 3.8) is 0 Å². The maximum Gasteiger partial charge on any atom is 0.353 e. The van der Waals surface area contributed by atoms with Crippen molar-refractivity contribution in [3.05, 3.63) is 32.4 Å². The predicted molar refractivity (Wildman–Crippen MR) is 137 cm³/mol. The molecule has 2 aliphatic heterocycles. The van der Waals surface area contributed by atoms with Crippen molar-refractivity contribution < 1.29 is 24.3 Å². The number of nitrogens with two attached hydrogens (primary N) is 3. The fourth-order valence-electron chi connectivity index (χ4n) is 3.37. The minimum absolute atomic E-state index is 0.00849. The van der Waals surface area contributed by atoms with E-state index in [0.29, 0.717) is 10.5 Å². The van der Waals surface area contributed by atoms with Gasteiger partial charge in [0.05, 0.1) is 0 Å². The molecule has 1 saturated heterocycles. The summed E-state index contributed by atoms with van der Waals surface area (Å²) >= 11 is 9.54. The van der Waals surface area contributed by atoms with Gasteiger partial charge in [-0.2, -0.15) is 4.98 Å². The number of fused-ring (bicyclic) bond motifs is 1. The molecular weight excluding hydrogens is 554 g/mol. The first-order chi connectivity index (χ1) is 17.1. The van der Waals surface area contributed by atoms with Crippen LogP contribution in [0.2, 0.25) is 4.34 Å². The summed E-state index contributed by atoms with van der Waals surface area (Å²) in [6.45, 7) is 0. The van der Waals surface area contributed by atoms with E-state index in [9.17, 15) is 19.5 Å². The van der Waals surface area contributed by atoms with E-state index in [1.807, 2.05) is 0 Å². The lowest BCUT2D eigenvalue weighted by Crippen LogP contribution is -2.71. The minimum Gasteiger partial charge on any atom is -0.477 e. The van der Waals surface area contributed by atoms with Crippen molar-refractivity contribution in [3.8, 4) is 0 Å². The number of carboxylic acids is 1. The van der Waals surface area contributed by atoms with Gasteiger partial charge in [0, 0.05) is 28.2 Å². The molecule has 2 atom stereocenters. The molecule has 2 amide bonds. The predicted octanol–water partition coefficient (Wildman–Crippen LogP) is 0.313. The molecule has 190 valence electrons. The number of carboxylic acid groups (broad SMARTS) is 1. The molecule has 2 aromatic heterocycles. The van der Waals surface area contributed by atoms with Crippen LogP contribution < -0.4 is 22.5 Å². The zero-order valence-electron chi connectivity index (χ0n) is 18.3. The molecule has 0 aliphatic carbocycles. The maximum atomic E-state index is 13.0. The fraction of sp³-hybridized carbons (Fsp3) is 0.278. The first-order valence-electron chi connectivity index (χ1n) is 9.87. The summed E-state index contributed by atoms with van der Waals surface area (Å²) in [6, 6.07) is -0.999. The molecule has 36 heavy (non-hydrogen) atoms. The normalized spacial score (nSPS) is 19.6. The van der Waals surface area contributed by atoms with Crippen molar-refractivity contribution in [2.45, 2.75) is 17.2 Å². The number of amides is 2. The molecular formula is C18H18ClN9O5S3. The number of carbonyl (C=O) groups excluding carboxylic acids is 2. The molecule has 0 radical (unpaired) electrons. The van der Waals surface area contributed by atoms with Crippen LogP contribution in [0.25, 0.3) is 0 Å². The largest absolute Gasteiger partial charge is 0.477 e. The van der Waals surface area contributed by atoms with E-state index in [1.54, 1.807) is 0 Å². The molecule has 0 saturated carbocycles. The number of thiazole rings is 1. The van der Waals surface area contributed by atoms with Gasteiger partial charge in [-0.1, -0.05) is 28.1 Å². The van der Waals surface area contributed by atoms with Crippen molar-refractivity contribution in [2.75, 3.05) is 30.1 Å². The molecule has 2 aromatic rings. The summed E-state index contributed by atoms with van der Waals surface area (Å²) in [4.78, 5) is 56.0. The number of rotatable bonds is 8. The zero-order valence-corrected chi connectivity index (χ0v) is 21.5. The molecule has 8 N–H and O–H groups in total. The third kappa shape index (κ3) is 4.86. The lowest BCUT2D eigenvalue weighted by molar-refractivity contribution is -0.150. The summed E-state index contributed by atoms with van der Waals surface area (Å²) in [7, 11) is 1.23. The lowest BCUT2D eigenvalue weighted by atomic mass is 10.0. The van der Waals surface area contributed by atoms with Gasteiger partial charge < -0.3 is 32.5 Å². The molecule has 4 heterocycles. The molecule has 1 fully saturated rings. The van der Waals surface area contributed by atoms with Crippen LogP contribution in [-0.4, -0.2) is 72.7 Å². The molecule has 0 bridgehead atoms. The van der Waals surface area contributed by atoms with E-state index < -0.39 is 29.2 Å². The highest BCUT2D eigenvalue weighted by atomic mass is 35.5. The van der Waals surface area contributed by atoms with Crippen LogP contribution in [0.4, 0.5) is 16.9 Å². The van der Waals surface area contributed by atoms with Crippen LogP contribution in [0, 0.1) is 0 Å². The number of thioether (sulfide) groups is 2. The third-order valence-corrected chi connectivity index (χ3v) is 8.65. The first kappa shape index (κ1) is 25.8. The highest BCUT2D eigenvalue weighted by Crippen LogP contribution is 2.44. The number of nitrogens with one attached hydrogen (secondary N) is 1. The zero-order chi connectivity index (χ0) is 26.1. The molecule has 2 aliphatic rings. The number of hydrogen-bond acceptors (Lipinski definition) is 14. The first-order valence-corrected chi connectivity index (χ1v) is 13.1. The SMILES string of the molecule is CON=C(C(=O)NC1C(=O)N2C(C(=O)O)=C(SCc3cnc(N)nc3N)CSC12)c1nc(N)sc1Cl. The van der Waals surface area contributed by atoms with E-state index in [4.69, 9.17) is 33.6 Å². The Hall–Kier alpha value is -3.28. The highest BCUT2D eigenvalue weighted by molar-refractivity contribution is 8.05. The average Bonchev–Trinajstić information content (AvgIpc) is 3.16. The third-order valence-electron chi connectivity index (χ3n) is 4.97. The van der Waals surface area contributed by atoms with Gasteiger partial charge in [-0.15, -0.1) is 23.5 Å². The number of aromatic nitrogens is 3. The van der Waals surface area contributed by atoms with Crippen LogP contribution in [0.3, 0.4) is 0 Å². The second-order valence-corrected chi connectivity index (χ2v) is 11.0. The van der Waals surface area contributed by atoms with Crippen LogP contribution in [0.15, 0.2) is 22.0 Å². The Kier molecular flexibility index (Phi) is 7.43. The van der Waals surface area contributed by atoms with Gasteiger partial charge in [-0.25, -0.2) is 14.8 Å². The van der Waals surface area contributed by atoms with E-state index in [0.717, 1.165) is 16.2 Å². The second kappa shape index (κ2) is 10.4. The number of β-lactam (4-membered cyclic amide) rings is 1. The van der Waals surface area contributed by atoms with Crippen molar-refractivity contribution in [2.24, 2.45) is 5.16 Å². The van der Waals surface area contributed by atoms with E-state index in [-0.39, 0.29) is 49.8 Å². The van der Waals surface area contributed by atoms with Gasteiger partial charge in [0.2, 0.25) is 5.95 Å². The Morgan fingerprint density at radius 3 is 2.75 bits per heavy atom. The van der Waals surface area contributed by atoms with E-state index in [1.165, 1.54) is 36.8 Å². The molecule has 14 nitrogen and oxygen atoms in total. The number of aliphatic carboxylic acids is 1. The van der Waals surface area contributed by atoms with Gasteiger partial charge in [0.1, 0.15) is 40.1 Å². The number of nitrogen functional groups attached to an aromatic ring is 3. The number of halogens is 1. The van der Waals surface area contributed by atoms with Crippen molar-refractivity contribution >= 4 is 86.9 Å². The monoisotopic (exact) mass is 571 g/mol. The van der Waals surface area contributed by atoms with Gasteiger partial charge in [-0.3, -0.25) is 14.5 Å². The van der Waals surface area contributed by atoms with Crippen molar-refractivity contribution in [1.29, 1.82) is 0 Å². The molecule has 0 spiro atoms. The van der Waals surface area contributed by atoms with Gasteiger partial charge >= 0.3 is 5.97 Å². The summed E-state index contributed by atoms with van der Waals surface area (Å²) in [5, 5.41) is 15.6. The van der Waals surface area contributed by atoms with E-state index >= 15 is 0 Å². The Balaban J connectivity index is 1.51. The number of carbonyl (C=O) groups is 3. The minimum atomic E-state index is -1.27. The van der Waals surface area contributed by atoms with Crippen LogP contribution in [0.1, 0.15) is 11.3 Å². The molecule has 18 heteroatoms. The van der Waals surface area contributed by atoms with Crippen molar-refractivity contribution in [1.82, 2.24) is 25.2 Å². The van der Waals surface area contributed by atoms with Gasteiger partial charge in [-0.05, 0) is 0 Å². The number of hydrogen-bond donors (Lipinski definition) is 5. The molecule has 0 aromatic carbocycles. The number of oxime groups is 1. The van der Waals surface area contributed by atoms with Gasteiger partial charge in [0.25, 0.3) is 11.8 Å². The maximum absolute atomic E-state index is 13.0. The second-order valence-electron chi connectivity index (χ2n) is 7.16. The van der Waals surface area contributed by atoms with Crippen LogP contribution >= 0.6 is 46.5 Å². The average molecular weight is 572 g/mol. The quantitative estimate of drug-likeness (QED) is 0.163. The summed E-state index contributed by atoms with van der Waals surface area (Å²) in [5.41, 5.74) is 17.2. The number of nitrogens with zero attached hydrogens (tertiary/aromatic N) is 5.